The molecule has 0 N–H and O–H groups in total. The van der Waals surface area contributed by atoms with Gasteiger partial charge in [0.2, 0.25) is 0 Å². The van der Waals surface area contributed by atoms with Gasteiger partial charge in [-0.1, -0.05) is 206 Å². The van der Waals surface area contributed by atoms with E-state index in [1.165, 1.54) is 148 Å². The summed E-state index contributed by atoms with van der Waals surface area (Å²) in [6.07, 6.45) is 0. The molecule has 0 aliphatic rings. The lowest BCUT2D eigenvalue weighted by molar-refractivity contribution is 1.17. The molecule has 0 fully saturated rings. The number of hydrogen-bond donors (Lipinski definition) is 0. The molecule has 4 heterocycles. The van der Waals surface area contributed by atoms with Crippen LogP contribution in [-0.4, -0.2) is 18.3 Å². The Kier molecular flexibility index (Phi) is 10.3. The zero-order valence-electron chi connectivity index (χ0n) is 44.7. The van der Waals surface area contributed by atoms with E-state index < -0.39 is 0 Å². The molecule has 0 unspecified atom stereocenters. The van der Waals surface area contributed by atoms with Crippen molar-refractivity contribution >= 4 is 120 Å². The number of nitrogens with zero attached hydrogens (tertiary/aromatic N) is 4. The molecular formula is C78H50N4. The summed E-state index contributed by atoms with van der Waals surface area (Å²) in [7, 11) is 0. The maximum Gasteiger partial charge on any atom is 0.0549 e. The van der Waals surface area contributed by atoms with Gasteiger partial charge in [0, 0.05) is 65.5 Å². The second kappa shape index (κ2) is 18.3. The van der Waals surface area contributed by atoms with Gasteiger partial charge in [-0.15, -0.1) is 0 Å². The van der Waals surface area contributed by atoms with Crippen LogP contribution < -0.4 is 0 Å². The lowest BCUT2D eigenvalue weighted by Gasteiger charge is -2.12. The van der Waals surface area contributed by atoms with E-state index in [9.17, 15) is 0 Å². The Balaban J connectivity index is 0.000000130. The van der Waals surface area contributed by atoms with Crippen molar-refractivity contribution in [2.75, 3.05) is 0 Å². The first-order valence-corrected chi connectivity index (χ1v) is 28.2. The van der Waals surface area contributed by atoms with Gasteiger partial charge in [0.25, 0.3) is 0 Å². The molecule has 14 aromatic carbocycles. The van der Waals surface area contributed by atoms with E-state index in [-0.39, 0.29) is 0 Å². The molecule has 18 rings (SSSR count). The molecule has 0 atom stereocenters. The smallest absolute Gasteiger partial charge is 0.0549 e. The summed E-state index contributed by atoms with van der Waals surface area (Å²) in [6.45, 7) is 0. The van der Waals surface area contributed by atoms with Crippen LogP contribution in [0.1, 0.15) is 0 Å². The van der Waals surface area contributed by atoms with Gasteiger partial charge >= 0.3 is 0 Å². The highest BCUT2D eigenvalue weighted by Crippen LogP contribution is 2.45. The first-order chi connectivity index (χ1) is 40.7. The minimum Gasteiger partial charge on any atom is -0.309 e. The van der Waals surface area contributed by atoms with Crippen molar-refractivity contribution in [3.63, 3.8) is 0 Å². The van der Waals surface area contributed by atoms with Crippen molar-refractivity contribution in [1.82, 2.24) is 18.3 Å². The highest BCUT2D eigenvalue weighted by atomic mass is 15.0. The quantitative estimate of drug-likeness (QED) is 0.164. The zero-order valence-corrected chi connectivity index (χ0v) is 44.7. The number of para-hydroxylation sites is 5. The van der Waals surface area contributed by atoms with Gasteiger partial charge < -0.3 is 18.3 Å². The molecule has 4 nitrogen and oxygen atoms in total. The predicted molar refractivity (Wildman–Crippen MR) is 348 cm³/mol. The minimum atomic E-state index is 1.16. The van der Waals surface area contributed by atoms with E-state index in [1.807, 2.05) is 0 Å². The van der Waals surface area contributed by atoms with Gasteiger partial charge in [0.1, 0.15) is 0 Å². The summed E-state index contributed by atoms with van der Waals surface area (Å²) in [5.41, 5.74) is 17.0. The summed E-state index contributed by atoms with van der Waals surface area (Å²) in [5, 5.41) is 17.8. The second-order valence-corrected chi connectivity index (χ2v) is 21.6. The van der Waals surface area contributed by atoms with Crippen molar-refractivity contribution in [2.45, 2.75) is 0 Å². The van der Waals surface area contributed by atoms with E-state index >= 15 is 0 Å². The Hall–Kier alpha value is -10.9. The predicted octanol–water partition coefficient (Wildman–Crippen LogP) is 20.9. The fraction of sp³-hybridized carbons (Fsp3) is 0. The molecule has 0 aliphatic heterocycles. The first kappa shape index (κ1) is 46.0. The second-order valence-electron chi connectivity index (χ2n) is 21.6. The van der Waals surface area contributed by atoms with E-state index in [2.05, 4.69) is 322 Å². The van der Waals surface area contributed by atoms with Gasteiger partial charge in [0.05, 0.1) is 49.8 Å². The first-order valence-electron chi connectivity index (χ1n) is 28.2. The summed E-state index contributed by atoms with van der Waals surface area (Å²) in [4.78, 5) is 0. The summed E-state index contributed by atoms with van der Waals surface area (Å²) < 4.78 is 9.70. The fourth-order valence-electron chi connectivity index (χ4n) is 13.6. The van der Waals surface area contributed by atoms with Crippen LogP contribution >= 0.6 is 0 Å². The number of benzene rings is 14. The van der Waals surface area contributed by atoms with E-state index in [1.54, 1.807) is 0 Å². The van der Waals surface area contributed by atoms with Gasteiger partial charge in [-0.25, -0.2) is 0 Å². The van der Waals surface area contributed by atoms with Crippen LogP contribution in [0.25, 0.3) is 153 Å². The maximum atomic E-state index is 2.45. The van der Waals surface area contributed by atoms with Crippen LogP contribution in [0.5, 0.6) is 0 Å². The van der Waals surface area contributed by atoms with Crippen LogP contribution in [0.3, 0.4) is 0 Å². The van der Waals surface area contributed by atoms with Gasteiger partial charge in [-0.2, -0.15) is 0 Å². The molecule has 0 saturated carbocycles. The lowest BCUT2D eigenvalue weighted by Crippen LogP contribution is -1.96. The Morgan fingerprint density at radius 1 is 0.171 bits per heavy atom. The van der Waals surface area contributed by atoms with Crippen LogP contribution in [0.2, 0.25) is 0 Å². The van der Waals surface area contributed by atoms with Gasteiger partial charge in [-0.3, -0.25) is 0 Å². The standard InChI is InChI=1S/C40H26N2.C38H24N2/c1-2-12-31(13-3-1)41-35-16-8-6-14-33(35)39-37(41)24-25-38-40(39)34-15-7-9-17-36(34)42(38)32-22-20-28(21-23-32)30-19-18-27-10-4-5-11-29(27)26-30;1-2-12-27-24-28(21-20-25(27)10-1)39-33-17-7-5-15-30(33)37-35(39)22-23-36-38(37)31-16-6-8-18-34(31)40(36)32-19-9-13-26-11-3-4-14-29(26)32/h1-26H;1-24H. The van der Waals surface area contributed by atoms with Gasteiger partial charge in [0.15, 0.2) is 0 Å². The van der Waals surface area contributed by atoms with E-state index in [4.69, 9.17) is 0 Å². The lowest BCUT2D eigenvalue weighted by atomic mass is 10.0. The third-order valence-electron chi connectivity index (χ3n) is 17.2. The van der Waals surface area contributed by atoms with Crippen molar-refractivity contribution in [3.05, 3.63) is 303 Å². The van der Waals surface area contributed by atoms with Crippen molar-refractivity contribution in [2.24, 2.45) is 0 Å². The Bertz CT molecular complexity index is 5570. The summed E-state index contributed by atoms with van der Waals surface area (Å²) in [5.74, 6) is 0. The normalized spacial score (nSPS) is 11.9. The third-order valence-corrected chi connectivity index (χ3v) is 17.2. The minimum absolute atomic E-state index is 1.16. The van der Waals surface area contributed by atoms with Crippen LogP contribution in [-0.2, 0) is 0 Å². The molecule has 0 radical (unpaired) electrons. The van der Waals surface area contributed by atoms with Crippen LogP contribution in [0.15, 0.2) is 303 Å². The molecule has 0 aliphatic carbocycles. The highest BCUT2D eigenvalue weighted by Gasteiger charge is 2.23. The van der Waals surface area contributed by atoms with Crippen molar-refractivity contribution in [3.8, 4) is 33.9 Å². The van der Waals surface area contributed by atoms with E-state index in [0.29, 0.717) is 0 Å². The molecule has 18 aromatic rings. The van der Waals surface area contributed by atoms with Gasteiger partial charge in [-0.05, 0) is 135 Å². The molecule has 82 heavy (non-hydrogen) atoms. The molecule has 0 bridgehead atoms. The molecular weight excluding hydrogens is 993 g/mol. The highest BCUT2D eigenvalue weighted by molar-refractivity contribution is 6.30. The molecule has 0 amide bonds. The molecule has 382 valence electrons. The van der Waals surface area contributed by atoms with Crippen LogP contribution in [0, 0.1) is 0 Å². The number of hydrogen-bond acceptors (Lipinski definition) is 0. The number of rotatable bonds is 5. The number of fused-ring (bicyclic) bond motifs is 17. The summed E-state index contributed by atoms with van der Waals surface area (Å²) >= 11 is 0. The maximum absolute atomic E-state index is 2.45. The number of aromatic nitrogens is 4. The SMILES string of the molecule is c1ccc(-n2c3ccccc3c3c4c5ccccc5n(-c5ccc(-c6ccc7ccccc7c6)cc5)c4ccc32)cc1.c1ccc2cc(-n3c4ccccc4c4c5c6ccccc6n(-c6cccc7ccccc67)c5ccc43)ccc2c1. The van der Waals surface area contributed by atoms with Crippen molar-refractivity contribution < 1.29 is 0 Å². The largest absolute Gasteiger partial charge is 0.309 e. The molecule has 0 spiro atoms. The van der Waals surface area contributed by atoms with E-state index in [0.717, 1.165) is 5.69 Å². The Morgan fingerprint density at radius 3 is 1.06 bits per heavy atom. The Labute approximate surface area is 472 Å². The third kappa shape index (κ3) is 6.98. The summed E-state index contributed by atoms with van der Waals surface area (Å²) in [6, 6.07) is 110. The molecule has 0 saturated heterocycles. The van der Waals surface area contributed by atoms with Crippen LogP contribution in [0.4, 0.5) is 0 Å². The monoisotopic (exact) mass is 1040 g/mol. The van der Waals surface area contributed by atoms with Crippen molar-refractivity contribution in [1.29, 1.82) is 0 Å². The average Bonchev–Trinajstić information content (AvgIpc) is 2.40. The zero-order chi connectivity index (χ0) is 53.8. The topological polar surface area (TPSA) is 19.7 Å². The average molecular weight is 1040 g/mol. The fourth-order valence-corrected chi connectivity index (χ4v) is 13.6. The molecule has 4 heteroatoms. The Morgan fingerprint density at radius 2 is 0.524 bits per heavy atom. The molecule has 4 aromatic heterocycles.